The van der Waals surface area contributed by atoms with Gasteiger partial charge in [0.1, 0.15) is 5.75 Å². The second-order valence-electron chi connectivity index (χ2n) is 4.06. The molecule has 0 aliphatic carbocycles. The molecular formula is C13H17NO2. The van der Waals surface area contributed by atoms with Gasteiger partial charge in [0.05, 0.1) is 0 Å². The lowest BCUT2D eigenvalue weighted by Gasteiger charge is -2.04. The Morgan fingerprint density at radius 3 is 2.56 bits per heavy atom. The van der Waals surface area contributed by atoms with Crippen molar-refractivity contribution in [1.82, 2.24) is 5.32 Å². The Morgan fingerprint density at radius 2 is 2.00 bits per heavy atom. The lowest BCUT2D eigenvalue weighted by Crippen LogP contribution is -2.25. The third-order valence-electron chi connectivity index (χ3n) is 2.00. The summed E-state index contributed by atoms with van der Waals surface area (Å²) in [6.07, 6.45) is 3.21. The largest absolute Gasteiger partial charge is 0.508 e. The van der Waals surface area contributed by atoms with Crippen molar-refractivity contribution in [3.63, 3.8) is 0 Å². The van der Waals surface area contributed by atoms with Crippen LogP contribution in [0, 0.1) is 5.92 Å². The first-order chi connectivity index (χ1) is 7.58. The molecule has 0 radical (unpaired) electrons. The molecule has 1 amide bonds. The van der Waals surface area contributed by atoms with Crippen LogP contribution in [-0.2, 0) is 4.79 Å². The van der Waals surface area contributed by atoms with Crippen molar-refractivity contribution < 1.29 is 9.90 Å². The molecule has 86 valence electrons. The lowest BCUT2D eigenvalue weighted by atomic mass is 10.2. The number of nitrogens with one attached hydrogen (secondary N) is 1. The molecule has 0 fully saturated rings. The van der Waals surface area contributed by atoms with Crippen molar-refractivity contribution in [3.05, 3.63) is 35.9 Å². The molecule has 3 nitrogen and oxygen atoms in total. The number of amides is 1. The molecule has 0 saturated carbocycles. The highest BCUT2D eigenvalue weighted by Gasteiger charge is 1.97. The first-order valence-corrected chi connectivity index (χ1v) is 5.33. The van der Waals surface area contributed by atoms with E-state index in [1.165, 1.54) is 6.08 Å². The van der Waals surface area contributed by atoms with E-state index in [0.717, 1.165) is 5.56 Å². The fraction of sp³-hybridized carbons (Fsp3) is 0.308. The highest BCUT2D eigenvalue weighted by atomic mass is 16.3. The smallest absolute Gasteiger partial charge is 0.244 e. The van der Waals surface area contributed by atoms with Gasteiger partial charge in [0.15, 0.2) is 0 Å². The summed E-state index contributed by atoms with van der Waals surface area (Å²) in [4.78, 5) is 11.3. The maximum absolute atomic E-state index is 11.3. The number of hydrogen-bond acceptors (Lipinski definition) is 2. The Bertz CT molecular complexity index is 366. The highest BCUT2D eigenvalue weighted by molar-refractivity contribution is 5.91. The maximum Gasteiger partial charge on any atom is 0.244 e. The van der Waals surface area contributed by atoms with Crippen LogP contribution in [-0.4, -0.2) is 17.6 Å². The molecule has 0 unspecified atom stereocenters. The summed E-state index contributed by atoms with van der Waals surface area (Å²) in [5.74, 6) is 0.578. The number of phenols is 1. The highest BCUT2D eigenvalue weighted by Crippen LogP contribution is 2.10. The van der Waals surface area contributed by atoms with Gasteiger partial charge in [-0.05, 0) is 29.7 Å². The van der Waals surface area contributed by atoms with Gasteiger partial charge in [-0.25, -0.2) is 0 Å². The molecule has 0 spiro atoms. The van der Waals surface area contributed by atoms with Gasteiger partial charge in [-0.1, -0.05) is 26.0 Å². The van der Waals surface area contributed by atoms with E-state index in [-0.39, 0.29) is 11.7 Å². The second-order valence-corrected chi connectivity index (χ2v) is 4.06. The Hall–Kier alpha value is -1.77. The zero-order valence-electron chi connectivity index (χ0n) is 9.60. The first-order valence-electron chi connectivity index (χ1n) is 5.33. The maximum atomic E-state index is 11.3. The fourth-order valence-corrected chi connectivity index (χ4v) is 1.12. The van der Waals surface area contributed by atoms with Gasteiger partial charge >= 0.3 is 0 Å². The number of hydrogen-bond donors (Lipinski definition) is 2. The molecule has 0 aromatic heterocycles. The minimum atomic E-state index is -0.0956. The third kappa shape index (κ3) is 4.64. The van der Waals surface area contributed by atoms with Crippen LogP contribution in [0.3, 0.4) is 0 Å². The zero-order valence-corrected chi connectivity index (χ0v) is 9.60. The Balaban J connectivity index is 2.47. The zero-order chi connectivity index (χ0) is 12.0. The second kappa shape index (κ2) is 5.95. The van der Waals surface area contributed by atoms with Crippen LogP contribution in [0.15, 0.2) is 30.3 Å². The minimum absolute atomic E-state index is 0.0956. The Morgan fingerprint density at radius 1 is 1.38 bits per heavy atom. The van der Waals surface area contributed by atoms with Crippen LogP contribution < -0.4 is 5.32 Å². The molecule has 3 heteroatoms. The average Bonchev–Trinajstić information content (AvgIpc) is 2.25. The van der Waals surface area contributed by atoms with E-state index < -0.39 is 0 Å². The van der Waals surface area contributed by atoms with E-state index in [1.54, 1.807) is 30.3 Å². The molecule has 0 bridgehead atoms. The summed E-state index contributed by atoms with van der Waals surface area (Å²) >= 11 is 0. The molecule has 2 N–H and O–H groups in total. The Labute approximate surface area is 95.8 Å². The van der Waals surface area contributed by atoms with Crippen molar-refractivity contribution in [2.45, 2.75) is 13.8 Å². The van der Waals surface area contributed by atoms with E-state index in [2.05, 4.69) is 5.32 Å². The number of rotatable bonds is 4. The van der Waals surface area contributed by atoms with Crippen molar-refractivity contribution in [2.75, 3.05) is 6.54 Å². The number of benzene rings is 1. The van der Waals surface area contributed by atoms with Crippen LogP contribution in [0.25, 0.3) is 6.08 Å². The Kier molecular flexibility index (Phi) is 4.58. The summed E-state index contributed by atoms with van der Waals surface area (Å²) < 4.78 is 0. The number of carbonyl (C=O) groups excluding carboxylic acids is 1. The van der Waals surface area contributed by atoms with Gasteiger partial charge in [0.2, 0.25) is 5.91 Å². The number of phenolic OH excluding ortho intramolecular Hbond substituents is 1. The van der Waals surface area contributed by atoms with Crippen molar-refractivity contribution >= 4 is 12.0 Å². The fourth-order valence-electron chi connectivity index (χ4n) is 1.12. The summed E-state index contributed by atoms with van der Waals surface area (Å²) in [6, 6.07) is 6.68. The average molecular weight is 219 g/mol. The molecule has 1 rings (SSSR count). The van der Waals surface area contributed by atoms with Gasteiger partial charge in [0, 0.05) is 12.6 Å². The predicted octanol–water partition coefficient (Wildman–Crippen LogP) is 2.18. The molecule has 1 aromatic rings. The lowest BCUT2D eigenvalue weighted by molar-refractivity contribution is -0.116. The molecular weight excluding hydrogens is 202 g/mol. The quantitative estimate of drug-likeness (QED) is 0.762. The van der Waals surface area contributed by atoms with Gasteiger partial charge in [-0.3, -0.25) is 4.79 Å². The number of carbonyl (C=O) groups is 1. The molecule has 16 heavy (non-hydrogen) atoms. The van der Waals surface area contributed by atoms with Crippen LogP contribution in [0.2, 0.25) is 0 Å². The summed E-state index contributed by atoms with van der Waals surface area (Å²) in [5, 5.41) is 11.9. The normalized spacial score (nSPS) is 10.9. The molecule has 0 atom stereocenters. The molecule has 0 aliphatic heterocycles. The van der Waals surface area contributed by atoms with E-state index >= 15 is 0 Å². The van der Waals surface area contributed by atoms with E-state index in [9.17, 15) is 4.79 Å². The van der Waals surface area contributed by atoms with E-state index in [1.807, 2.05) is 13.8 Å². The van der Waals surface area contributed by atoms with Crippen molar-refractivity contribution in [1.29, 1.82) is 0 Å². The summed E-state index contributed by atoms with van der Waals surface area (Å²) in [6.45, 7) is 4.77. The first kappa shape index (κ1) is 12.3. The van der Waals surface area contributed by atoms with Gasteiger partial charge in [-0.15, -0.1) is 0 Å². The standard InChI is InChI=1S/C13H17NO2/c1-10(2)9-14-13(16)8-5-11-3-6-12(15)7-4-11/h3-8,10,15H,9H2,1-2H3,(H,14,16). The predicted molar refractivity (Wildman–Crippen MR) is 65.0 cm³/mol. The van der Waals surface area contributed by atoms with Gasteiger partial charge < -0.3 is 10.4 Å². The van der Waals surface area contributed by atoms with Crippen LogP contribution in [0.5, 0.6) is 5.75 Å². The SMILES string of the molecule is CC(C)CNC(=O)C=Cc1ccc(O)cc1. The van der Waals surface area contributed by atoms with Crippen molar-refractivity contribution in [2.24, 2.45) is 5.92 Å². The summed E-state index contributed by atoms with van der Waals surface area (Å²) in [7, 11) is 0. The third-order valence-corrected chi connectivity index (χ3v) is 2.00. The summed E-state index contributed by atoms with van der Waals surface area (Å²) in [5.41, 5.74) is 0.887. The van der Waals surface area contributed by atoms with E-state index in [4.69, 9.17) is 5.11 Å². The van der Waals surface area contributed by atoms with Crippen LogP contribution in [0.4, 0.5) is 0 Å². The van der Waals surface area contributed by atoms with Gasteiger partial charge in [0.25, 0.3) is 0 Å². The molecule has 0 heterocycles. The molecule has 0 aliphatic rings. The monoisotopic (exact) mass is 219 g/mol. The topological polar surface area (TPSA) is 49.3 Å². The van der Waals surface area contributed by atoms with Crippen LogP contribution in [0.1, 0.15) is 19.4 Å². The van der Waals surface area contributed by atoms with Crippen LogP contribution >= 0.6 is 0 Å². The molecule has 1 aromatic carbocycles. The van der Waals surface area contributed by atoms with Gasteiger partial charge in [-0.2, -0.15) is 0 Å². The number of aromatic hydroxyl groups is 1. The van der Waals surface area contributed by atoms with Crippen molar-refractivity contribution in [3.8, 4) is 5.75 Å². The molecule has 0 saturated heterocycles. The minimum Gasteiger partial charge on any atom is -0.508 e. The van der Waals surface area contributed by atoms with E-state index in [0.29, 0.717) is 12.5 Å².